The Morgan fingerprint density at radius 2 is 1.78 bits per heavy atom. The Morgan fingerprint density at radius 1 is 1.03 bits per heavy atom. The average Bonchev–Trinajstić information content (AvgIpc) is 3.20. The highest BCUT2D eigenvalue weighted by Crippen LogP contribution is 2.38. The number of amides is 2. The largest absolute Gasteiger partial charge is 0.326 e. The molecule has 1 fully saturated rings. The molecular formula is C27H28N2O2S. The van der Waals surface area contributed by atoms with Gasteiger partial charge in [0, 0.05) is 17.8 Å². The van der Waals surface area contributed by atoms with Crippen LogP contribution in [0.1, 0.15) is 44.9 Å². The number of nitrogens with one attached hydrogen (secondary N) is 1. The zero-order valence-electron chi connectivity index (χ0n) is 18.5. The molecule has 4 rings (SSSR count). The number of para-hydroxylation sites is 1. The molecule has 0 aliphatic carbocycles. The van der Waals surface area contributed by atoms with Gasteiger partial charge in [0.1, 0.15) is 5.37 Å². The minimum atomic E-state index is -0.114. The number of carbonyl (C=O) groups excluding carboxylic acids is 2. The summed E-state index contributed by atoms with van der Waals surface area (Å²) in [4.78, 5) is 27.3. The fourth-order valence-corrected chi connectivity index (χ4v) is 5.27. The van der Waals surface area contributed by atoms with Gasteiger partial charge in [0.05, 0.1) is 5.75 Å². The third-order valence-electron chi connectivity index (χ3n) is 5.89. The molecule has 1 saturated heterocycles. The minimum Gasteiger partial charge on any atom is -0.326 e. The van der Waals surface area contributed by atoms with Crippen LogP contribution >= 0.6 is 11.8 Å². The van der Waals surface area contributed by atoms with Crippen molar-refractivity contribution >= 4 is 29.3 Å². The van der Waals surface area contributed by atoms with E-state index in [1.165, 1.54) is 5.56 Å². The number of rotatable bonds is 7. The second kappa shape index (κ2) is 10.0. The molecule has 5 heteroatoms. The van der Waals surface area contributed by atoms with Gasteiger partial charge in [-0.1, -0.05) is 67.6 Å². The van der Waals surface area contributed by atoms with Gasteiger partial charge >= 0.3 is 0 Å². The number of aryl methyl sites for hydroxylation is 2. The zero-order valence-corrected chi connectivity index (χ0v) is 19.3. The first-order valence-corrected chi connectivity index (χ1v) is 12.1. The molecule has 3 aromatic rings. The standard InChI is InChI=1S/C27H28N2O2S/c1-3-21-11-7-8-19(2)25(21)28-26(31)22-12-14-23(15-13-22)27-29(24(30)18-32-27)17-16-20-9-5-4-6-10-20/h4-15,27H,3,16-18H2,1-2H3,(H,28,31)/t27-/m0/s1. The van der Waals surface area contributed by atoms with Crippen molar-refractivity contribution < 1.29 is 9.59 Å². The van der Waals surface area contributed by atoms with Crippen LogP contribution in [0, 0.1) is 6.92 Å². The molecule has 0 spiro atoms. The SMILES string of the molecule is CCc1cccc(C)c1NC(=O)c1ccc([C@@H]2SCC(=O)N2CCc2ccccc2)cc1. The number of carbonyl (C=O) groups is 2. The van der Waals surface area contributed by atoms with Crippen LogP contribution in [-0.4, -0.2) is 29.0 Å². The number of anilines is 1. The number of thioether (sulfide) groups is 1. The van der Waals surface area contributed by atoms with E-state index < -0.39 is 0 Å². The second-order valence-corrected chi connectivity index (χ2v) is 9.09. The predicted octanol–water partition coefficient (Wildman–Crippen LogP) is 5.63. The van der Waals surface area contributed by atoms with Gasteiger partial charge < -0.3 is 10.2 Å². The molecule has 1 heterocycles. The van der Waals surface area contributed by atoms with Crippen LogP contribution in [0.15, 0.2) is 72.8 Å². The molecule has 0 saturated carbocycles. The van der Waals surface area contributed by atoms with Crippen LogP contribution in [0.3, 0.4) is 0 Å². The van der Waals surface area contributed by atoms with Crippen molar-refractivity contribution in [2.24, 2.45) is 0 Å². The minimum absolute atomic E-state index is 0.00798. The van der Waals surface area contributed by atoms with Crippen LogP contribution in [-0.2, 0) is 17.6 Å². The first-order chi connectivity index (χ1) is 15.6. The molecule has 164 valence electrons. The number of hydrogen-bond donors (Lipinski definition) is 1. The lowest BCUT2D eigenvalue weighted by Gasteiger charge is -2.24. The van der Waals surface area contributed by atoms with Gasteiger partial charge in [-0.2, -0.15) is 0 Å². The summed E-state index contributed by atoms with van der Waals surface area (Å²) >= 11 is 1.65. The zero-order chi connectivity index (χ0) is 22.5. The lowest BCUT2D eigenvalue weighted by Crippen LogP contribution is -2.30. The highest BCUT2D eigenvalue weighted by atomic mass is 32.2. The van der Waals surface area contributed by atoms with Crippen molar-refractivity contribution in [3.8, 4) is 0 Å². The molecular weight excluding hydrogens is 416 g/mol. The predicted molar refractivity (Wildman–Crippen MR) is 132 cm³/mol. The Labute approximate surface area is 194 Å². The van der Waals surface area contributed by atoms with Gasteiger partial charge in [-0.15, -0.1) is 11.8 Å². The highest BCUT2D eigenvalue weighted by molar-refractivity contribution is 8.00. The fraction of sp³-hybridized carbons (Fsp3) is 0.259. The number of hydrogen-bond acceptors (Lipinski definition) is 3. The average molecular weight is 445 g/mol. The summed E-state index contributed by atoms with van der Waals surface area (Å²) in [5.74, 6) is 0.551. The van der Waals surface area contributed by atoms with Crippen molar-refractivity contribution in [1.29, 1.82) is 0 Å². The van der Waals surface area contributed by atoms with Crippen molar-refractivity contribution in [2.75, 3.05) is 17.6 Å². The lowest BCUT2D eigenvalue weighted by molar-refractivity contribution is -0.128. The van der Waals surface area contributed by atoms with E-state index in [9.17, 15) is 9.59 Å². The third kappa shape index (κ3) is 4.89. The van der Waals surface area contributed by atoms with E-state index >= 15 is 0 Å². The van der Waals surface area contributed by atoms with Crippen molar-refractivity contribution in [1.82, 2.24) is 4.90 Å². The Balaban J connectivity index is 1.45. The van der Waals surface area contributed by atoms with E-state index in [1.54, 1.807) is 11.8 Å². The molecule has 1 aliphatic rings. The topological polar surface area (TPSA) is 49.4 Å². The van der Waals surface area contributed by atoms with E-state index in [0.717, 1.165) is 35.2 Å². The molecule has 2 amide bonds. The quantitative estimate of drug-likeness (QED) is 0.514. The smallest absolute Gasteiger partial charge is 0.255 e. The first kappa shape index (κ1) is 22.2. The maximum absolute atomic E-state index is 12.9. The Kier molecular flexibility index (Phi) is 6.96. The Bertz CT molecular complexity index is 1100. The van der Waals surface area contributed by atoms with Crippen LogP contribution in [0.4, 0.5) is 5.69 Å². The van der Waals surface area contributed by atoms with Crippen molar-refractivity contribution in [3.05, 3.63) is 101 Å². The van der Waals surface area contributed by atoms with Crippen molar-refractivity contribution in [3.63, 3.8) is 0 Å². The Hall–Kier alpha value is -3.05. The van der Waals surface area contributed by atoms with Gasteiger partial charge in [0.25, 0.3) is 5.91 Å². The summed E-state index contributed by atoms with van der Waals surface area (Å²) in [5.41, 5.74) is 5.98. The van der Waals surface area contributed by atoms with E-state index in [2.05, 4.69) is 24.4 Å². The normalized spacial score (nSPS) is 15.8. The summed E-state index contributed by atoms with van der Waals surface area (Å²) < 4.78 is 0. The molecule has 1 aliphatic heterocycles. The van der Waals surface area contributed by atoms with Gasteiger partial charge in [-0.05, 0) is 54.2 Å². The molecule has 1 atom stereocenters. The summed E-state index contributed by atoms with van der Waals surface area (Å²) in [6.07, 6.45) is 1.70. The molecule has 0 radical (unpaired) electrons. The van der Waals surface area contributed by atoms with Gasteiger partial charge in [-0.3, -0.25) is 9.59 Å². The van der Waals surface area contributed by atoms with E-state index in [4.69, 9.17) is 0 Å². The molecule has 4 nitrogen and oxygen atoms in total. The number of benzene rings is 3. The molecule has 32 heavy (non-hydrogen) atoms. The van der Waals surface area contributed by atoms with Crippen molar-refractivity contribution in [2.45, 2.75) is 32.1 Å². The highest BCUT2D eigenvalue weighted by Gasteiger charge is 2.32. The molecule has 1 N–H and O–H groups in total. The fourth-order valence-electron chi connectivity index (χ4n) is 4.05. The maximum atomic E-state index is 12.9. The summed E-state index contributed by atoms with van der Waals surface area (Å²) in [6.45, 7) is 4.79. The molecule has 0 aromatic heterocycles. The molecule has 3 aromatic carbocycles. The summed E-state index contributed by atoms with van der Waals surface area (Å²) in [6, 6.07) is 24.0. The van der Waals surface area contributed by atoms with Gasteiger partial charge in [-0.25, -0.2) is 0 Å². The molecule has 0 unspecified atom stereocenters. The van der Waals surface area contributed by atoms with Gasteiger partial charge in [0.15, 0.2) is 0 Å². The third-order valence-corrected chi connectivity index (χ3v) is 7.14. The lowest BCUT2D eigenvalue weighted by atomic mass is 10.0. The molecule has 0 bridgehead atoms. The van der Waals surface area contributed by atoms with Gasteiger partial charge in [0.2, 0.25) is 5.91 Å². The van der Waals surface area contributed by atoms with Crippen LogP contribution in [0.25, 0.3) is 0 Å². The summed E-state index contributed by atoms with van der Waals surface area (Å²) in [7, 11) is 0. The summed E-state index contributed by atoms with van der Waals surface area (Å²) in [5, 5.41) is 3.07. The van der Waals surface area contributed by atoms with E-state index in [-0.39, 0.29) is 17.2 Å². The van der Waals surface area contributed by atoms with Crippen LogP contribution in [0.2, 0.25) is 0 Å². The Morgan fingerprint density at radius 3 is 2.50 bits per heavy atom. The number of nitrogens with zero attached hydrogens (tertiary/aromatic N) is 1. The second-order valence-electron chi connectivity index (χ2n) is 8.02. The monoisotopic (exact) mass is 444 g/mol. The van der Waals surface area contributed by atoms with E-state index in [1.807, 2.05) is 72.5 Å². The van der Waals surface area contributed by atoms with Crippen LogP contribution < -0.4 is 5.32 Å². The first-order valence-electron chi connectivity index (χ1n) is 11.0. The van der Waals surface area contributed by atoms with Crippen LogP contribution in [0.5, 0.6) is 0 Å². The maximum Gasteiger partial charge on any atom is 0.255 e. The van der Waals surface area contributed by atoms with E-state index in [0.29, 0.717) is 17.9 Å².